The minimum absolute atomic E-state index is 0.383. The second kappa shape index (κ2) is 6.58. The first-order valence-electron chi connectivity index (χ1n) is 8.48. The maximum absolute atomic E-state index is 6.07. The zero-order valence-electron chi connectivity index (χ0n) is 13.4. The Morgan fingerprint density at radius 2 is 1.63 bits per heavy atom. The third-order valence-corrected chi connectivity index (χ3v) is 5.77. The average molecular weight is 266 g/mol. The lowest BCUT2D eigenvalue weighted by atomic mass is 9.72. The van der Waals surface area contributed by atoms with Gasteiger partial charge in [0.2, 0.25) is 0 Å². The molecule has 1 heterocycles. The number of piperidine rings is 1. The summed E-state index contributed by atoms with van der Waals surface area (Å²) in [6.07, 6.45) is 6.93. The van der Waals surface area contributed by atoms with Gasteiger partial charge in [0.15, 0.2) is 0 Å². The van der Waals surface area contributed by atoms with Gasteiger partial charge in [-0.15, -0.1) is 0 Å². The van der Waals surface area contributed by atoms with Crippen LogP contribution in [0.3, 0.4) is 0 Å². The monoisotopic (exact) mass is 266 g/mol. The summed E-state index contributed by atoms with van der Waals surface area (Å²) >= 11 is 0. The molecule has 4 atom stereocenters. The van der Waals surface area contributed by atoms with E-state index in [-0.39, 0.29) is 0 Å². The third-order valence-electron chi connectivity index (χ3n) is 5.77. The SMILES string of the molecule is CC1CCC(C(C)C)C(N2CCC(C(C)N)CC2)C1. The zero-order chi connectivity index (χ0) is 14.0. The molecule has 2 aliphatic rings. The van der Waals surface area contributed by atoms with Gasteiger partial charge in [0.25, 0.3) is 0 Å². The summed E-state index contributed by atoms with van der Waals surface area (Å²) in [5.74, 6) is 3.44. The molecule has 2 heteroatoms. The first kappa shape index (κ1) is 15.3. The van der Waals surface area contributed by atoms with Crippen molar-refractivity contribution in [2.45, 2.75) is 71.9 Å². The Kier molecular flexibility index (Phi) is 5.30. The van der Waals surface area contributed by atoms with Crippen LogP contribution in [0, 0.1) is 23.7 Å². The Labute approximate surface area is 120 Å². The summed E-state index contributed by atoms with van der Waals surface area (Å²) in [4.78, 5) is 2.80. The van der Waals surface area contributed by atoms with Gasteiger partial charge in [-0.25, -0.2) is 0 Å². The largest absolute Gasteiger partial charge is 0.328 e. The van der Waals surface area contributed by atoms with E-state index in [1.54, 1.807) is 0 Å². The summed E-state index contributed by atoms with van der Waals surface area (Å²) in [5.41, 5.74) is 6.07. The predicted molar refractivity (Wildman–Crippen MR) is 83.1 cm³/mol. The zero-order valence-corrected chi connectivity index (χ0v) is 13.4. The van der Waals surface area contributed by atoms with E-state index in [1.807, 2.05) is 0 Å². The summed E-state index contributed by atoms with van der Waals surface area (Å²) in [7, 11) is 0. The number of nitrogens with two attached hydrogens (primary N) is 1. The summed E-state index contributed by atoms with van der Waals surface area (Å²) in [6.45, 7) is 12.0. The number of hydrogen-bond donors (Lipinski definition) is 1. The van der Waals surface area contributed by atoms with E-state index in [2.05, 4.69) is 32.6 Å². The molecule has 2 fully saturated rings. The van der Waals surface area contributed by atoms with Crippen molar-refractivity contribution >= 4 is 0 Å². The number of likely N-dealkylation sites (tertiary alicyclic amines) is 1. The fourth-order valence-corrected chi connectivity index (χ4v) is 4.35. The van der Waals surface area contributed by atoms with Gasteiger partial charge < -0.3 is 10.6 Å². The molecule has 2 rings (SSSR count). The number of rotatable bonds is 3. The van der Waals surface area contributed by atoms with Crippen molar-refractivity contribution in [2.75, 3.05) is 13.1 Å². The van der Waals surface area contributed by atoms with Gasteiger partial charge in [0.05, 0.1) is 0 Å². The van der Waals surface area contributed by atoms with E-state index in [0.29, 0.717) is 6.04 Å². The lowest BCUT2D eigenvalue weighted by Gasteiger charge is -2.46. The average Bonchev–Trinajstić information content (AvgIpc) is 2.38. The molecule has 0 aromatic heterocycles. The van der Waals surface area contributed by atoms with Crippen LogP contribution in [0.5, 0.6) is 0 Å². The van der Waals surface area contributed by atoms with Crippen molar-refractivity contribution in [3.05, 3.63) is 0 Å². The highest BCUT2D eigenvalue weighted by atomic mass is 15.2. The summed E-state index contributed by atoms with van der Waals surface area (Å²) in [6, 6.07) is 1.23. The van der Waals surface area contributed by atoms with Gasteiger partial charge >= 0.3 is 0 Å². The Hall–Kier alpha value is -0.0800. The lowest BCUT2D eigenvalue weighted by Crippen LogP contribution is -2.50. The topological polar surface area (TPSA) is 29.3 Å². The smallest absolute Gasteiger partial charge is 0.0128 e. The van der Waals surface area contributed by atoms with E-state index in [0.717, 1.165) is 29.7 Å². The van der Waals surface area contributed by atoms with E-state index in [1.165, 1.54) is 45.2 Å². The summed E-state index contributed by atoms with van der Waals surface area (Å²) < 4.78 is 0. The van der Waals surface area contributed by atoms with E-state index in [9.17, 15) is 0 Å². The second-order valence-electron chi connectivity index (χ2n) is 7.63. The lowest BCUT2D eigenvalue weighted by molar-refractivity contribution is 0.0326. The van der Waals surface area contributed by atoms with E-state index in [4.69, 9.17) is 5.73 Å². The van der Waals surface area contributed by atoms with Gasteiger partial charge in [-0.3, -0.25) is 0 Å². The molecular formula is C17H34N2. The predicted octanol–water partition coefficient (Wildman–Crippen LogP) is 3.51. The molecule has 19 heavy (non-hydrogen) atoms. The molecule has 1 saturated carbocycles. The molecule has 1 aliphatic carbocycles. The van der Waals surface area contributed by atoms with Crippen molar-refractivity contribution < 1.29 is 0 Å². The molecule has 4 unspecified atom stereocenters. The molecule has 0 aromatic rings. The molecule has 0 radical (unpaired) electrons. The van der Waals surface area contributed by atoms with Crippen molar-refractivity contribution in [2.24, 2.45) is 29.4 Å². The van der Waals surface area contributed by atoms with Crippen LogP contribution in [-0.2, 0) is 0 Å². The maximum Gasteiger partial charge on any atom is 0.0128 e. The molecule has 1 saturated heterocycles. The highest BCUT2D eigenvalue weighted by molar-refractivity contribution is 4.90. The minimum atomic E-state index is 0.383. The quantitative estimate of drug-likeness (QED) is 0.847. The second-order valence-corrected chi connectivity index (χ2v) is 7.63. The molecular weight excluding hydrogens is 232 g/mol. The van der Waals surface area contributed by atoms with Crippen LogP contribution < -0.4 is 5.73 Å². The van der Waals surface area contributed by atoms with E-state index < -0.39 is 0 Å². The maximum atomic E-state index is 6.07. The molecule has 1 aliphatic heterocycles. The van der Waals surface area contributed by atoms with Crippen LogP contribution in [0.25, 0.3) is 0 Å². The van der Waals surface area contributed by atoms with Gasteiger partial charge in [0.1, 0.15) is 0 Å². The molecule has 0 spiro atoms. The van der Waals surface area contributed by atoms with Crippen LogP contribution >= 0.6 is 0 Å². The molecule has 0 aromatic carbocycles. The Morgan fingerprint density at radius 1 is 1.00 bits per heavy atom. The van der Waals surface area contributed by atoms with Crippen LogP contribution in [-0.4, -0.2) is 30.1 Å². The number of nitrogens with zero attached hydrogens (tertiary/aromatic N) is 1. The highest BCUT2D eigenvalue weighted by Crippen LogP contribution is 2.38. The molecule has 0 amide bonds. The normalized spacial score (nSPS) is 36.6. The van der Waals surface area contributed by atoms with Crippen molar-refractivity contribution in [1.82, 2.24) is 4.90 Å². The Morgan fingerprint density at radius 3 is 2.16 bits per heavy atom. The molecule has 0 bridgehead atoms. The fraction of sp³-hybridized carbons (Fsp3) is 1.00. The van der Waals surface area contributed by atoms with Gasteiger partial charge in [-0.1, -0.05) is 27.2 Å². The van der Waals surface area contributed by atoms with Crippen LogP contribution in [0.2, 0.25) is 0 Å². The minimum Gasteiger partial charge on any atom is -0.328 e. The number of hydrogen-bond acceptors (Lipinski definition) is 2. The van der Waals surface area contributed by atoms with Crippen LogP contribution in [0.1, 0.15) is 59.8 Å². The Balaban J connectivity index is 1.95. The van der Waals surface area contributed by atoms with Crippen molar-refractivity contribution in [3.8, 4) is 0 Å². The van der Waals surface area contributed by atoms with Crippen LogP contribution in [0.4, 0.5) is 0 Å². The third kappa shape index (κ3) is 3.72. The van der Waals surface area contributed by atoms with Crippen molar-refractivity contribution in [1.29, 1.82) is 0 Å². The standard InChI is InChI=1S/C17H34N2/c1-12(2)16-6-5-13(3)11-17(16)19-9-7-15(8-10-19)14(4)18/h12-17H,5-11,18H2,1-4H3. The van der Waals surface area contributed by atoms with Gasteiger partial charge in [-0.05, 0) is 69.4 Å². The van der Waals surface area contributed by atoms with Crippen molar-refractivity contribution in [3.63, 3.8) is 0 Å². The first-order valence-corrected chi connectivity index (χ1v) is 8.48. The first-order chi connectivity index (χ1) is 8.99. The van der Waals surface area contributed by atoms with E-state index >= 15 is 0 Å². The Bertz CT molecular complexity index is 266. The molecule has 112 valence electrons. The van der Waals surface area contributed by atoms with Crippen LogP contribution in [0.15, 0.2) is 0 Å². The van der Waals surface area contributed by atoms with Gasteiger partial charge in [-0.2, -0.15) is 0 Å². The van der Waals surface area contributed by atoms with Gasteiger partial charge in [0, 0.05) is 12.1 Å². The highest BCUT2D eigenvalue weighted by Gasteiger charge is 2.36. The fourth-order valence-electron chi connectivity index (χ4n) is 4.35. The molecule has 2 N–H and O–H groups in total. The summed E-state index contributed by atoms with van der Waals surface area (Å²) in [5, 5.41) is 0. The molecule has 2 nitrogen and oxygen atoms in total.